The molecule has 6 rings (SSSR count). The molecule has 0 aliphatic heterocycles. The molecule has 0 amide bonds. The Labute approximate surface area is 241 Å². The maximum absolute atomic E-state index is 5.46. The van der Waals surface area contributed by atoms with Gasteiger partial charge in [-0.25, -0.2) is 0 Å². The second-order valence-electron chi connectivity index (χ2n) is 9.90. The van der Waals surface area contributed by atoms with Crippen molar-refractivity contribution in [1.82, 2.24) is 0 Å². The highest BCUT2D eigenvalue weighted by atomic mass is 15.2. The standard InChI is InChI=1S/C38H31N3/c39-40-35-23-17-29(18-24-35)11-13-31-15-21-34-28-32(16-22-33(34)27-31)14-12-30-19-25-38(26-20-30)41(36-7-3-1-4-8-36)37-9-5-2-6-10-37/h1-28,40H,39H2. The van der Waals surface area contributed by atoms with Crippen LogP contribution in [0.3, 0.4) is 0 Å². The molecule has 6 aromatic carbocycles. The summed E-state index contributed by atoms with van der Waals surface area (Å²) in [5.74, 6) is 5.46. The topological polar surface area (TPSA) is 41.3 Å². The predicted molar refractivity (Wildman–Crippen MR) is 177 cm³/mol. The average molecular weight is 530 g/mol. The smallest absolute Gasteiger partial charge is 0.0485 e. The molecule has 0 heterocycles. The van der Waals surface area contributed by atoms with Crippen LogP contribution < -0.4 is 16.2 Å². The zero-order valence-electron chi connectivity index (χ0n) is 22.7. The number of benzene rings is 6. The van der Waals surface area contributed by atoms with E-state index >= 15 is 0 Å². The Bertz CT molecular complexity index is 1750. The third-order valence-corrected chi connectivity index (χ3v) is 7.08. The maximum atomic E-state index is 5.46. The summed E-state index contributed by atoms with van der Waals surface area (Å²) in [4.78, 5) is 2.27. The SMILES string of the molecule is NNc1ccc(C=Cc2ccc3cc(C=Cc4ccc(N(c5ccccc5)c5ccccc5)cc4)ccc3c2)cc1. The molecule has 0 saturated heterocycles. The number of hydrazine groups is 1. The van der Waals surface area contributed by atoms with Gasteiger partial charge in [-0.3, -0.25) is 5.84 Å². The molecule has 3 N–H and O–H groups in total. The zero-order valence-corrected chi connectivity index (χ0v) is 22.7. The summed E-state index contributed by atoms with van der Waals surface area (Å²) < 4.78 is 0. The number of nitrogen functional groups attached to an aromatic ring is 1. The van der Waals surface area contributed by atoms with Crippen LogP contribution in [0.2, 0.25) is 0 Å². The number of fused-ring (bicyclic) bond motifs is 1. The average Bonchev–Trinajstić information content (AvgIpc) is 3.04. The zero-order chi connectivity index (χ0) is 27.9. The van der Waals surface area contributed by atoms with Crippen LogP contribution in [0.4, 0.5) is 22.7 Å². The van der Waals surface area contributed by atoms with E-state index in [9.17, 15) is 0 Å². The fourth-order valence-electron chi connectivity index (χ4n) is 4.90. The number of hydrogen-bond donors (Lipinski definition) is 2. The van der Waals surface area contributed by atoms with E-state index in [4.69, 9.17) is 5.84 Å². The van der Waals surface area contributed by atoms with E-state index in [0.29, 0.717) is 0 Å². The van der Waals surface area contributed by atoms with Crippen molar-refractivity contribution < 1.29 is 0 Å². The highest BCUT2D eigenvalue weighted by Crippen LogP contribution is 2.34. The minimum absolute atomic E-state index is 0.896. The fraction of sp³-hybridized carbons (Fsp3) is 0. The van der Waals surface area contributed by atoms with Crippen molar-refractivity contribution in [3.05, 3.63) is 168 Å². The van der Waals surface area contributed by atoms with Gasteiger partial charge in [-0.2, -0.15) is 0 Å². The van der Waals surface area contributed by atoms with Crippen LogP contribution in [0, 0.1) is 0 Å². The number of nitrogens with zero attached hydrogens (tertiary/aromatic N) is 1. The number of nitrogens with one attached hydrogen (secondary N) is 1. The van der Waals surface area contributed by atoms with Crippen molar-refractivity contribution in [2.24, 2.45) is 5.84 Å². The van der Waals surface area contributed by atoms with E-state index < -0.39 is 0 Å². The van der Waals surface area contributed by atoms with Gasteiger partial charge in [0.05, 0.1) is 0 Å². The largest absolute Gasteiger partial charge is 0.324 e. The van der Waals surface area contributed by atoms with Crippen molar-refractivity contribution in [3.63, 3.8) is 0 Å². The van der Waals surface area contributed by atoms with Crippen molar-refractivity contribution in [2.45, 2.75) is 0 Å². The molecule has 0 bridgehead atoms. The van der Waals surface area contributed by atoms with Crippen molar-refractivity contribution >= 4 is 57.8 Å². The molecule has 0 spiro atoms. The lowest BCUT2D eigenvalue weighted by molar-refractivity contribution is 1.28. The number of rotatable bonds is 8. The van der Waals surface area contributed by atoms with Crippen molar-refractivity contribution in [3.8, 4) is 0 Å². The Morgan fingerprint density at radius 2 is 0.805 bits per heavy atom. The van der Waals surface area contributed by atoms with Crippen LogP contribution in [-0.4, -0.2) is 0 Å². The van der Waals surface area contributed by atoms with Crippen LogP contribution in [0.15, 0.2) is 146 Å². The molecule has 3 nitrogen and oxygen atoms in total. The quantitative estimate of drug-likeness (QED) is 0.117. The summed E-state index contributed by atoms with van der Waals surface area (Å²) in [5.41, 5.74) is 11.6. The Kier molecular flexibility index (Phi) is 7.70. The summed E-state index contributed by atoms with van der Waals surface area (Å²) in [6, 6.07) is 50.8. The monoisotopic (exact) mass is 529 g/mol. The van der Waals surface area contributed by atoms with Gasteiger partial charge in [0, 0.05) is 22.7 Å². The summed E-state index contributed by atoms with van der Waals surface area (Å²) >= 11 is 0. The van der Waals surface area contributed by atoms with Gasteiger partial charge in [0.25, 0.3) is 0 Å². The summed E-state index contributed by atoms with van der Waals surface area (Å²) in [5, 5.41) is 2.44. The number of nitrogens with two attached hydrogens (primary N) is 1. The van der Waals surface area contributed by atoms with Gasteiger partial charge in [-0.1, -0.05) is 109 Å². The summed E-state index contributed by atoms with van der Waals surface area (Å²) in [6.45, 7) is 0. The minimum atomic E-state index is 0.896. The molecule has 0 saturated carbocycles. The van der Waals surface area contributed by atoms with Crippen LogP contribution >= 0.6 is 0 Å². The Morgan fingerprint density at radius 1 is 0.415 bits per heavy atom. The van der Waals surface area contributed by atoms with E-state index in [1.54, 1.807) is 0 Å². The fourth-order valence-corrected chi connectivity index (χ4v) is 4.90. The third-order valence-electron chi connectivity index (χ3n) is 7.08. The molecule has 0 aliphatic rings. The first-order valence-electron chi connectivity index (χ1n) is 13.7. The van der Waals surface area contributed by atoms with Crippen LogP contribution in [0.1, 0.15) is 22.3 Å². The van der Waals surface area contributed by atoms with Crippen LogP contribution in [0.25, 0.3) is 35.1 Å². The van der Waals surface area contributed by atoms with E-state index in [0.717, 1.165) is 33.9 Å². The van der Waals surface area contributed by atoms with Gasteiger partial charge in [-0.15, -0.1) is 0 Å². The molecule has 41 heavy (non-hydrogen) atoms. The Balaban J connectivity index is 1.18. The molecule has 0 fully saturated rings. The van der Waals surface area contributed by atoms with Crippen molar-refractivity contribution in [2.75, 3.05) is 10.3 Å². The molecule has 0 aromatic heterocycles. The van der Waals surface area contributed by atoms with Gasteiger partial charge in [-0.05, 0) is 93.7 Å². The number of anilines is 4. The van der Waals surface area contributed by atoms with Crippen molar-refractivity contribution in [1.29, 1.82) is 0 Å². The first kappa shape index (κ1) is 25.9. The van der Waals surface area contributed by atoms with Crippen LogP contribution in [-0.2, 0) is 0 Å². The summed E-state index contributed by atoms with van der Waals surface area (Å²) in [6.07, 6.45) is 8.60. The lowest BCUT2D eigenvalue weighted by Gasteiger charge is -2.25. The first-order valence-corrected chi connectivity index (χ1v) is 13.7. The molecule has 198 valence electrons. The molecule has 0 aliphatic carbocycles. The van der Waals surface area contributed by atoms with Gasteiger partial charge >= 0.3 is 0 Å². The van der Waals surface area contributed by atoms with E-state index in [1.165, 1.54) is 21.9 Å². The van der Waals surface area contributed by atoms with Gasteiger partial charge in [0.15, 0.2) is 0 Å². The Hall–Kier alpha value is -5.38. The van der Waals surface area contributed by atoms with Gasteiger partial charge < -0.3 is 10.3 Å². The molecular weight excluding hydrogens is 498 g/mol. The second kappa shape index (κ2) is 12.2. The highest BCUT2D eigenvalue weighted by molar-refractivity contribution is 5.89. The van der Waals surface area contributed by atoms with E-state index in [1.807, 2.05) is 36.4 Å². The summed E-state index contributed by atoms with van der Waals surface area (Å²) in [7, 11) is 0. The lowest BCUT2D eigenvalue weighted by atomic mass is 10.0. The minimum Gasteiger partial charge on any atom is -0.324 e. The first-order chi connectivity index (χ1) is 20.2. The second-order valence-corrected chi connectivity index (χ2v) is 9.90. The lowest BCUT2D eigenvalue weighted by Crippen LogP contribution is -2.09. The predicted octanol–water partition coefficient (Wildman–Crippen LogP) is 9.94. The van der Waals surface area contributed by atoms with Crippen LogP contribution in [0.5, 0.6) is 0 Å². The molecule has 0 unspecified atom stereocenters. The highest BCUT2D eigenvalue weighted by Gasteiger charge is 2.11. The molecular formula is C38H31N3. The van der Waals surface area contributed by atoms with Gasteiger partial charge in [0.2, 0.25) is 0 Å². The van der Waals surface area contributed by atoms with E-state index in [-0.39, 0.29) is 0 Å². The van der Waals surface area contributed by atoms with E-state index in [2.05, 4.69) is 144 Å². The number of hydrogen-bond acceptors (Lipinski definition) is 3. The molecule has 3 heteroatoms. The maximum Gasteiger partial charge on any atom is 0.0485 e. The Morgan fingerprint density at radius 3 is 1.27 bits per heavy atom. The molecule has 6 aromatic rings. The normalized spacial score (nSPS) is 11.3. The molecule has 0 radical (unpaired) electrons. The third kappa shape index (κ3) is 6.27. The molecule has 0 atom stereocenters. The number of para-hydroxylation sites is 2. The van der Waals surface area contributed by atoms with Gasteiger partial charge in [0.1, 0.15) is 0 Å².